The van der Waals surface area contributed by atoms with Crippen LogP contribution in [-0.4, -0.2) is 20.4 Å². The highest BCUT2D eigenvalue weighted by Crippen LogP contribution is 2.65. The summed E-state index contributed by atoms with van der Waals surface area (Å²) in [5, 5.41) is 11.7. The standard InChI is InChI=1S/C70H72N2O2/c1-33(2)69-15-11-67(5,12-16-69)49-29-47-53(31-45(49)65(69)73)72-54-32-46-50(68(6)13-17-70(18-14-68,34(3)4)66(46)74)30-48(54)58-62-60-52(10-8-44-40-23-37-20-38(24-40)28-42(27-37)56(44)60)71-51-9-7-43-39-21-35-19-36(22-39)26-41(25-35)55(43)59(51)61(64(62)71)57(47)63(58)72/h7-10,29-42H,11-28H2,1-6H3. The number of carbonyl (C=O) groups excluding carboxylic acids is 2. The summed E-state index contributed by atoms with van der Waals surface area (Å²) in [4.78, 5) is 31.5. The molecule has 0 N–H and O–H groups in total. The molecule has 6 fully saturated rings. The molecule has 12 bridgehead atoms. The van der Waals surface area contributed by atoms with E-state index in [1.807, 2.05) is 0 Å². The molecule has 4 heteroatoms. The van der Waals surface area contributed by atoms with Gasteiger partial charge in [0.15, 0.2) is 11.6 Å². The van der Waals surface area contributed by atoms with Gasteiger partial charge in [0.05, 0.1) is 33.1 Å². The van der Waals surface area contributed by atoms with Crippen LogP contribution in [0.15, 0.2) is 48.5 Å². The van der Waals surface area contributed by atoms with Gasteiger partial charge in [0.2, 0.25) is 0 Å². The van der Waals surface area contributed by atoms with Crippen molar-refractivity contribution in [3.8, 4) is 0 Å². The minimum absolute atomic E-state index is 0.0560. The molecule has 74 heavy (non-hydrogen) atoms. The quantitative estimate of drug-likeness (QED) is 0.173. The van der Waals surface area contributed by atoms with Gasteiger partial charge in [-0.05, 0) is 255 Å². The smallest absolute Gasteiger partial charge is 0.169 e. The number of ketones is 2. The predicted molar refractivity (Wildman–Crippen MR) is 302 cm³/mol. The predicted octanol–water partition coefficient (Wildman–Crippen LogP) is 18.1. The largest absolute Gasteiger partial charge is 0.308 e. The first kappa shape index (κ1) is 42.2. The van der Waals surface area contributed by atoms with Gasteiger partial charge < -0.3 is 8.80 Å². The average Bonchev–Trinajstić information content (AvgIpc) is 4.13. The second kappa shape index (κ2) is 13.1. The number of fused-ring (bicyclic) bond motifs is 18. The van der Waals surface area contributed by atoms with Crippen LogP contribution in [0.25, 0.3) is 76.2 Å². The molecule has 4 heterocycles. The molecule has 5 aromatic carbocycles. The Morgan fingerprint density at radius 3 is 1.18 bits per heavy atom. The second-order valence-electron chi connectivity index (χ2n) is 29.6. The molecule has 9 aromatic rings. The number of carbonyl (C=O) groups is 2. The Balaban J connectivity index is 1.07. The van der Waals surface area contributed by atoms with Crippen molar-refractivity contribution in [2.75, 3.05) is 0 Å². The molecule has 14 aliphatic carbocycles. The van der Waals surface area contributed by atoms with Gasteiger partial charge in [-0.3, -0.25) is 9.59 Å². The molecule has 0 spiro atoms. The van der Waals surface area contributed by atoms with Gasteiger partial charge in [-0.15, -0.1) is 0 Å². The van der Waals surface area contributed by atoms with Crippen LogP contribution in [0.3, 0.4) is 0 Å². The van der Waals surface area contributed by atoms with Crippen LogP contribution in [0.4, 0.5) is 0 Å². The Kier molecular flexibility index (Phi) is 7.44. The summed E-state index contributed by atoms with van der Waals surface area (Å²) in [5.74, 6) is 7.21. The van der Waals surface area contributed by atoms with Crippen molar-refractivity contribution in [2.24, 2.45) is 46.3 Å². The number of Topliss-reactive ketones (excluding diaryl/α,β-unsaturated/α-hetero) is 2. The lowest BCUT2D eigenvalue weighted by Crippen LogP contribution is -2.39. The van der Waals surface area contributed by atoms with E-state index in [0.29, 0.717) is 35.2 Å². The highest BCUT2D eigenvalue weighted by atomic mass is 16.1. The molecule has 4 atom stereocenters. The van der Waals surface area contributed by atoms with Crippen LogP contribution in [0.5, 0.6) is 0 Å². The van der Waals surface area contributed by atoms with Crippen molar-refractivity contribution in [1.29, 1.82) is 0 Å². The maximum atomic E-state index is 15.7. The molecule has 0 amide bonds. The van der Waals surface area contributed by atoms with Crippen LogP contribution >= 0.6 is 0 Å². The normalized spacial score (nSPS) is 36.6. The summed E-state index contributed by atoms with van der Waals surface area (Å²) >= 11 is 0. The van der Waals surface area contributed by atoms with Crippen molar-refractivity contribution >= 4 is 87.8 Å². The van der Waals surface area contributed by atoms with Crippen molar-refractivity contribution in [2.45, 2.75) is 192 Å². The summed E-state index contributed by atoms with van der Waals surface area (Å²) in [6.45, 7) is 14.3. The van der Waals surface area contributed by atoms with Gasteiger partial charge in [0.25, 0.3) is 0 Å². The van der Waals surface area contributed by atoms with Gasteiger partial charge in [-0.25, -0.2) is 0 Å². The second-order valence-corrected chi connectivity index (χ2v) is 29.6. The number of hydrogen-bond donors (Lipinski definition) is 0. The Morgan fingerprint density at radius 2 is 0.784 bits per heavy atom. The van der Waals surface area contributed by atoms with E-state index in [2.05, 4.69) is 98.9 Å². The van der Waals surface area contributed by atoms with Gasteiger partial charge in [-0.1, -0.05) is 53.7 Å². The topological polar surface area (TPSA) is 43.0 Å². The minimum atomic E-state index is -0.326. The lowest BCUT2D eigenvalue weighted by atomic mass is 9.60. The molecule has 23 rings (SSSR count). The molecule has 6 saturated carbocycles. The van der Waals surface area contributed by atoms with Gasteiger partial charge >= 0.3 is 0 Å². The Morgan fingerprint density at radius 1 is 0.419 bits per heavy atom. The van der Waals surface area contributed by atoms with E-state index in [4.69, 9.17) is 0 Å². The van der Waals surface area contributed by atoms with E-state index in [9.17, 15) is 0 Å². The SMILES string of the molecule is CC(C)C12CCC(C)(CC1)c1cc3c4c5c6c7c(ccc6n6c8ccc9c(c8c(c8c%10cc%11c(cc%10n(c3cc1C2=O)c48)C(=O)C1(C(C)C)CCC%11(C)CC1)c56)C1CC2CC(CC9C2)C1)C1CC2CC(C1)CC7C2. The van der Waals surface area contributed by atoms with Crippen molar-refractivity contribution in [1.82, 2.24) is 8.80 Å². The van der Waals surface area contributed by atoms with E-state index in [-0.39, 0.29) is 33.5 Å². The summed E-state index contributed by atoms with van der Waals surface area (Å²) in [5.41, 5.74) is 18.7. The number of rotatable bonds is 2. The molecule has 0 radical (unpaired) electrons. The zero-order chi connectivity index (χ0) is 49.2. The van der Waals surface area contributed by atoms with Crippen LogP contribution in [0.2, 0.25) is 0 Å². The van der Waals surface area contributed by atoms with E-state index < -0.39 is 0 Å². The van der Waals surface area contributed by atoms with Crippen LogP contribution < -0.4 is 0 Å². The Labute approximate surface area is 435 Å². The fourth-order valence-corrected chi connectivity index (χ4v) is 22.4. The molecule has 0 saturated heterocycles. The van der Waals surface area contributed by atoms with Crippen LogP contribution in [0, 0.1) is 46.3 Å². The first-order chi connectivity index (χ1) is 35.8. The van der Waals surface area contributed by atoms with Gasteiger partial charge in [0, 0.05) is 65.0 Å². The minimum Gasteiger partial charge on any atom is -0.308 e. The maximum absolute atomic E-state index is 15.7. The van der Waals surface area contributed by atoms with Gasteiger partial charge in [-0.2, -0.15) is 0 Å². The highest BCUT2D eigenvalue weighted by Gasteiger charge is 2.55. The van der Waals surface area contributed by atoms with E-state index in [1.54, 1.807) is 33.0 Å². The summed E-state index contributed by atoms with van der Waals surface area (Å²) < 4.78 is 5.54. The molecular weight excluding hydrogens is 901 g/mol. The lowest BCUT2D eigenvalue weighted by molar-refractivity contribution is 0.0537. The number of aromatic nitrogens is 2. The number of nitrogens with zero attached hydrogens (tertiary/aromatic N) is 2. The third kappa shape index (κ3) is 4.57. The Hall–Kier alpha value is -4.96. The third-order valence-electron chi connectivity index (χ3n) is 26.1. The van der Waals surface area contributed by atoms with Crippen molar-refractivity contribution in [3.05, 3.63) is 93.0 Å². The molecule has 0 aliphatic heterocycles. The van der Waals surface area contributed by atoms with Crippen LogP contribution in [-0.2, 0) is 10.8 Å². The third-order valence-corrected chi connectivity index (χ3v) is 26.1. The van der Waals surface area contributed by atoms with E-state index in [0.717, 1.165) is 86.2 Å². The molecule has 4 unspecified atom stereocenters. The fourth-order valence-electron chi connectivity index (χ4n) is 22.4. The maximum Gasteiger partial charge on any atom is 0.169 e. The summed E-state index contributed by atoms with van der Waals surface area (Å²) in [7, 11) is 0. The van der Waals surface area contributed by atoms with Crippen molar-refractivity contribution in [3.63, 3.8) is 0 Å². The van der Waals surface area contributed by atoms with E-state index >= 15 is 9.59 Å². The number of hydrogen-bond acceptors (Lipinski definition) is 2. The lowest BCUT2D eigenvalue weighted by Gasteiger charge is -2.42. The Bertz CT molecular complexity index is 3850. The fraction of sp³-hybridized carbons (Fsp3) is 0.543. The van der Waals surface area contributed by atoms with Gasteiger partial charge in [0.1, 0.15) is 0 Å². The molecule has 4 nitrogen and oxygen atoms in total. The zero-order valence-electron chi connectivity index (χ0n) is 44.8. The monoisotopic (exact) mass is 973 g/mol. The summed E-state index contributed by atoms with van der Waals surface area (Å²) in [6, 6.07) is 20.7. The average molecular weight is 973 g/mol. The first-order valence-corrected chi connectivity index (χ1v) is 30.4. The number of benzene rings is 5. The first-order valence-electron chi connectivity index (χ1n) is 30.4. The zero-order valence-corrected chi connectivity index (χ0v) is 44.8. The molecule has 14 aliphatic rings. The molecular formula is C70H72N2O2. The highest BCUT2D eigenvalue weighted by molar-refractivity contribution is 6.46. The van der Waals surface area contributed by atoms with E-state index in [1.165, 1.54) is 141 Å². The summed E-state index contributed by atoms with van der Waals surface area (Å²) in [6.07, 6.45) is 21.8. The molecule has 374 valence electrons. The van der Waals surface area contributed by atoms with Crippen LogP contribution in [0.1, 0.15) is 235 Å². The van der Waals surface area contributed by atoms with Crippen molar-refractivity contribution < 1.29 is 9.59 Å². The molecule has 4 aromatic heterocycles.